The first-order chi connectivity index (χ1) is 7.98. The van der Waals surface area contributed by atoms with E-state index in [2.05, 4.69) is 0 Å². The van der Waals surface area contributed by atoms with Gasteiger partial charge in [-0.1, -0.05) is 6.07 Å². The third-order valence-corrected chi connectivity index (χ3v) is 2.97. The molecule has 0 aliphatic carbocycles. The average molecular weight is 239 g/mol. The van der Waals surface area contributed by atoms with Crippen LogP contribution in [0.25, 0.3) is 0 Å². The van der Waals surface area contributed by atoms with Crippen LogP contribution in [0.2, 0.25) is 0 Å². The van der Waals surface area contributed by atoms with Crippen LogP contribution in [0.3, 0.4) is 0 Å². The number of nitrogens with two attached hydrogens (primary N) is 1. The van der Waals surface area contributed by atoms with Crippen LogP contribution in [0.1, 0.15) is 26.7 Å². The standard InChI is InChI=1S/C13H18FNO2/c1-13(2)7-6-9(17-13)8-16-12-10(14)4-3-5-11(12)15/h3-5,9H,6-8,15H2,1-2H3. The molecule has 0 saturated carbocycles. The maximum absolute atomic E-state index is 13.4. The van der Waals surface area contributed by atoms with E-state index in [1.165, 1.54) is 6.07 Å². The highest BCUT2D eigenvalue weighted by atomic mass is 19.1. The van der Waals surface area contributed by atoms with Crippen molar-refractivity contribution in [2.24, 2.45) is 0 Å². The van der Waals surface area contributed by atoms with Crippen LogP contribution in [-0.4, -0.2) is 18.3 Å². The molecule has 1 unspecified atom stereocenters. The van der Waals surface area contributed by atoms with Crippen LogP contribution < -0.4 is 10.5 Å². The van der Waals surface area contributed by atoms with Gasteiger partial charge in [0.05, 0.1) is 17.4 Å². The van der Waals surface area contributed by atoms with E-state index in [-0.39, 0.29) is 17.5 Å². The Labute approximate surface area is 101 Å². The minimum absolute atomic E-state index is 0.0176. The lowest BCUT2D eigenvalue weighted by molar-refractivity contribution is -0.0329. The fraction of sp³-hybridized carbons (Fsp3) is 0.538. The van der Waals surface area contributed by atoms with Gasteiger partial charge in [-0.2, -0.15) is 0 Å². The van der Waals surface area contributed by atoms with Gasteiger partial charge in [0.2, 0.25) is 0 Å². The molecule has 2 N–H and O–H groups in total. The third-order valence-electron chi connectivity index (χ3n) is 2.97. The summed E-state index contributed by atoms with van der Waals surface area (Å²) in [6.07, 6.45) is 1.94. The Kier molecular flexibility index (Phi) is 3.24. The maximum Gasteiger partial charge on any atom is 0.177 e. The van der Waals surface area contributed by atoms with E-state index >= 15 is 0 Å². The summed E-state index contributed by atoms with van der Waals surface area (Å²) < 4.78 is 24.6. The molecule has 17 heavy (non-hydrogen) atoms. The van der Waals surface area contributed by atoms with E-state index in [9.17, 15) is 4.39 Å². The maximum atomic E-state index is 13.4. The number of nitrogen functional groups attached to an aromatic ring is 1. The van der Waals surface area contributed by atoms with Gasteiger partial charge in [0.15, 0.2) is 11.6 Å². The van der Waals surface area contributed by atoms with Crippen molar-refractivity contribution in [2.75, 3.05) is 12.3 Å². The highest BCUT2D eigenvalue weighted by molar-refractivity contribution is 5.52. The summed E-state index contributed by atoms with van der Waals surface area (Å²) in [5, 5.41) is 0. The van der Waals surface area contributed by atoms with E-state index < -0.39 is 5.82 Å². The smallest absolute Gasteiger partial charge is 0.177 e. The Morgan fingerprint density at radius 1 is 1.53 bits per heavy atom. The predicted octanol–water partition coefficient (Wildman–Crippen LogP) is 2.74. The second-order valence-corrected chi connectivity index (χ2v) is 5.01. The number of anilines is 1. The van der Waals surface area contributed by atoms with Gasteiger partial charge in [-0.25, -0.2) is 4.39 Å². The van der Waals surface area contributed by atoms with Crippen molar-refractivity contribution in [1.82, 2.24) is 0 Å². The molecule has 1 aliphatic rings. The summed E-state index contributed by atoms with van der Waals surface area (Å²) in [7, 11) is 0. The van der Waals surface area contributed by atoms with E-state index in [1.807, 2.05) is 13.8 Å². The zero-order valence-corrected chi connectivity index (χ0v) is 10.2. The van der Waals surface area contributed by atoms with Gasteiger partial charge in [-0.3, -0.25) is 0 Å². The summed E-state index contributed by atoms with van der Waals surface area (Å²) in [5.41, 5.74) is 5.87. The predicted molar refractivity (Wildman–Crippen MR) is 64.5 cm³/mol. The molecule has 0 amide bonds. The van der Waals surface area contributed by atoms with E-state index in [0.29, 0.717) is 12.3 Å². The fourth-order valence-corrected chi connectivity index (χ4v) is 2.05. The molecule has 1 aromatic rings. The SMILES string of the molecule is CC1(C)CCC(COc2c(N)cccc2F)O1. The molecule has 4 heteroatoms. The van der Waals surface area contributed by atoms with Crippen LogP contribution in [0.5, 0.6) is 5.75 Å². The molecule has 1 fully saturated rings. The molecule has 1 saturated heterocycles. The van der Waals surface area contributed by atoms with Crippen LogP contribution in [-0.2, 0) is 4.74 Å². The second kappa shape index (κ2) is 4.53. The lowest BCUT2D eigenvalue weighted by atomic mass is 10.1. The second-order valence-electron chi connectivity index (χ2n) is 5.01. The Balaban J connectivity index is 1.95. The number of benzene rings is 1. The van der Waals surface area contributed by atoms with Gasteiger partial charge >= 0.3 is 0 Å². The monoisotopic (exact) mass is 239 g/mol. The molecular weight excluding hydrogens is 221 g/mol. The molecule has 3 nitrogen and oxygen atoms in total. The van der Waals surface area contributed by atoms with Crippen molar-refractivity contribution >= 4 is 5.69 Å². The minimum Gasteiger partial charge on any atom is -0.486 e. The highest BCUT2D eigenvalue weighted by Gasteiger charge is 2.32. The van der Waals surface area contributed by atoms with Crippen LogP contribution in [0.4, 0.5) is 10.1 Å². The Bertz CT molecular complexity index is 386. The van der Waals surface area contributed by atoms with Crippen molar-refractivity contribution in [3.8, 4) is 5.75 Å². The zero-order chi connectivity index (χ0) is 12.5. The third kappa shape index (κ3) is 2.88. The van der Waals surface area contributed by atoms with Crippen molar-refractivity contribution in [2.45, 2.75) is 38.4 Å². The Hall–Kier alpha value is -1.29. The van der Waals surface area contributed by atoms with Gasteiger partial charge in [0.1, 0.15) is 6.61 Å². The molecule has 1 atom stereocenters. The molecule has 0 spiro atoms. The van der Waals surface area contributed by atoms with Gasteiger partial charge < -0.3 is 15.2 Å². The molecule has 0 bridgehead atoms. The first-order valence-electron chi connectivity index (χ1n) is 5.82. The van der Waals surface area contributed by atoms with Crippen molar-refractivity contribution in [1.29, 1.82) is 0 Å². The summed E-state index contributed by atoms with van der Waals surface area (Å²) >= 11 is 0. The normalized spacial score (nSPS) is 22.6. The van der Waals surface area contributed by atoms with Gasteiger partial charge in [-0.05, 0) is 38.8 Å². The van der Waals surface area contributed by atoms with Gasteiger partial charge in [0.25, 0.3) is 0 Å². The van der Waals surface area contributed by atoms with Crippen LogP contribution in [0, 0.1) is 5.82 Å². The molecule has 1 aromatic carbocycles. The fourth-order valence-electron chi connectivity index (χ4n) is 2.05. The molecule has 0 radical (unpaired) electrons. The minimum atomic E-state index is -0.428. The number of rotatable bonds is 3. The van der Waals surface area contributed by atoms with Crippen molar-refractivity contribution in [3.63, 3.8) is 0 Å². The molecule has 2 rings (SSSR count). The highest BCUT2D eigenvalue weighted by Crippen LogP contribution is 2.31. The summed E-state index contributed by atoms with van der Waals surface area (Å²) in [6, 6.07) is 4.52. The van der Waals surface area contributed by atoms with Crippen molar-refractivity contribution < 1.29 is 13.9 Å². The Morgan fingerprint density at radius 2 is 2.29 bits per heavy atom. The quantitative estimate of drug-likeness (QED) is 0.825. The van der Waals surface area contributed by atoms with Crippen molar-refractivity contribution in [3.05, 3.63) is 24.0 Å². The average Bonchev–Trinajstić information content (AvgIpc) is 2.57. The number of para-hydroxylation sites is 1. The number of ether oxygens (including phenoxy) is 2. The summed E-state index contributed by atoms with van der Waals surface area (Å²) in [4.78, 5) is 0. The Morgan fingerprint density at radius 3 is 2.88 bits per heavy atom. The zero-order valence-electron chi connectivity index (χ0n) is 10.2. The molecule has 1 aliphatic heterocycles. The molecule has 1 heterocycles. The molecule has 0 aromatic heterocycles. The molecule has 94 valence electrons. The number of hydrogen-bond donors (Lipinski definition) is 1. The number of halogens is 1. The lowest BCUT2D eigenvalue weighted by Crippen LogP contribution is -2.24. The van der Waals surface area contributed by atoms with Gasteiger partial charge in [-0.15, -0.1) is 0 Å². The first-order valence-corrected chi connectivity index (χ1v) is 5.82. The number of hydrogen-bond acceptors (Lipinski definition) is 3. The molecular formula is C13H18FNO2. The topological polar surface area (TPSA) is 44.5 Å². The lowest BCUT2D eigenvalue weighted by Gasteiger charge is -2.19. The van der Waals surface area contributed by atoms with E-state index in [0.717, 1.165) is 12.8 Å². The van der Waals surface area contributed by atoms with Crippen LogP contribution >= 0.6 is 0 Å². The van der Waals surface area contributed by atoms with Gasteiger partial charge in [0, 0.05) is 0 Å². The first kappa shape index (κ1) is 12.2. The largest absolute Gasteiger partial charge is 0.486 e. The van der Waals surface area contributed by atoms with Crippen LogP contribution in [0.15, 0.2) is 18.2 Å². The van der Waals surface area contributed by atoms with E-state index in [4.69, 9.17) is 15.2 Å². The summed E-state index contributed by atoms with van der Waals surface area (Å²) in [5.74, 6) is -0.303. The summed E-state index contributed by atoms with van der Waals surface area (Å²) in [6.45, 7) is 4.43. The van der Waals surface area contributed by atoms with E-state index in [1.54, 1.807) is 12.1 Å².